The Morgan fingerprint density at radius 1 is 1.21 bits per heavy atom. The molecule has 0 aromatic heterocycles. The van der Waals surface area contributed by atoms with Gasteiger partial charge in [0.2, 0.25) is 0 Å². The summed E-state index contributed by atoms with van der Waals surface area (Å²) < 4.78 is 5.31. The summed E-state index contributed by atoms with van der Waals surface area (Å²) in [7, 11) is 1.71. The van der Waals surface area contributed by atoms with Crippen LogP contribution in [0.3, 0.4) is 0 Å². The standard InChI is InChI=1S/C17H19NO/c1-3-12-6-4-8-14-11-16(18-17(12)14)13-7-5-9-15(10-13)19-2/h4-10,16,18H,3,11H2,1-2H3. The van der Waals surface area contributed by atoms with Crippen molar-refractivity contribution in [2.45, 2.75) is 25.8 Å². The Hall–Kier alpha value is -1.96. The van der Waals surface area contributed by atoms with Gasteiger partial charge in [0.05, 0.1) is 13.2 Å². The minimum atomic E-state index is 0.359. The second kappa shape index (κ2) is 4.96. The Bertz CT molecular complexity index is 592. The van der Waals surface area contributed by atoms with E-state index in [0.29, 0.717) is 6.04 Å². The lowest BCUT2D eigenvalue weighted by molar-refractivity contribution is 0.414. The molecule has 1 unspecified atom stereocenters. The van der Waals surface area contributed by atoms with E-state index in [1.807, 2.05) is 6.07 Å². The summed E-state index contributed by atoms with van der Waals surface area (Å²) in [5.41, 5.74) is 5.45. The van der Waals surface area contributed by atoms with Crippen LogP contribution >= 0.6 is 0 Å². The Labute approximate surface area is 114 Å². The van der Waals surface area contributed by atoms with Crippen LogP contribution in [0.2, 0.25) is 0 Å². The summed E-state index contributed by atoms with van der Waals surface area (Å²) in [6.07, 6.45) is 2.12. The van der Waals surface area contributed by atoms with Crippen LogP contribution in [0.25, 0.3) is 0 Å². The van der Waals surface area contributed by atoms with Crippen LogP contribution in [0.15, 0.2) is 42.5 Å². The van der Waals surface area contributed by atoms with Crippen molar-refractivity contribution in [2.24, 2.45) is 0 Å². The van der Waals surface area contributed by atoms with Crippen LogP contribution in [0, 0.1) is 0 Å². The molecule has 2 aromatic carbocycles. The molecule has 0 spiro atoms. The van der Waals surface area contributed by atoms with Gasteiger partial charge in [0.25, 0.3) is 0 Å². The van der Waals surface area contributed by atoms with Crippen molar-refractivity contribution >= 4 is 5.69 Å². The molecule has 0 amide bonds. The highest BCUT2D eigenvalue weighted by molar-refractivity contribution is 5.63. The monoisotopic (exact) mass is 253 g/mol. The predicted molar refractivity (Wildman–Crippen MR) is 78.9 cm³/mol. The van der Waals surface area contributed by atoms with Crippen LogP contribution in [-0.2, 0) is 12.8 Å². The van der Waals surface area contributed by atoms with Gasteiger partial charge in [-0.25, -0.2) is 0 Å². The summed E-state index contributed by atoms with van der Waals surface area (Å²) in [6, 6.07) is 15.3. The first kappa shape index (κ1) is 12.1. The molecule has 1 heterocycles. The first-order chi connectivity index (χ1) is 9.31. The van der Waals surface area contributed by atoms with Crippen LogP contribution < -0.4 is 10.1 Å². The van der Waals surface area contributed by atoms with Gasteiger partial charge in [-0.3, -0.25) is 0 Å². The molecule has 0 bridgehead atoms. The number of methoxy groups -OCH3 is 1. The number of rotatable bonds is 3. The van der Waals surface area contributed by atoms with Gasteiger partial charge >= 0.3 is 0 Å². The Morgan fingerprint density at radius 2 is 2.05 bits per heavy atom. The third-order valence-corrected chi connectivity index (χ3v) is 3.86. The number of aryl methyl sites for hydroxylation is 1. The topological polar surface area (TPSA) is 21.3 Å². The van der Waals surface area contributed by atoms with Gasteiger partial charge in [-0.1, -0.05) is 37.3 Å². The van der Waals surface area contributed by atoms with E-state index in [1.165, 1.54) is 22.4 Å². The number of para-hydroxylation sites is 1. The van der Waals surface area contributed by atoms with Gasteiger partial charge in [0, 0.05) is 5.69 Å². The zero-order chi connectivity index (χ0) is 13.2. The van der Waals surface area contributed by atoms with E-state index in [2.05, 4.69) is 48.6 Å². The van der Waals surface area contributed by atoms with Crippen molar-refractivity contribution in [1.29, 1.82) is 0 Å². The Morgan fingerprint density at radius 3 is 2.84 bits per heavy atom. The largest absolute Gasteiger partial charge is 0.497 e. The number of hydrogen-bond donors (Lipinski definition) is 1. The second-order valence-electron chi connectivity index (χ2n) is 4.98. The minimum absolute atomic E-state index is 0.359. The van der Waals surface area contributed by atoms with E-state index in [9.17, 15) is 0 Å². The first-order valence-corrected chi connectivity index (χ1v) is 6.83. The molecule has 2 heteroatoms. The third kappa shape index (κ3) is 2.19. The average Bonchev–Trinajstić information content (AvgIpc) is 2.91. The van der Waals surface area contributed by atoms with Crippen molar-refractivity contribution < 1.29 is 4.74 Å². The van der Waals surface area contributed by atoms with E-state index in [4.69, 9.17) is 4.74 Å². The first-order valence-electron chi connectivity index (χ1n) is 6.83. The van der Waals surface area contributed by atoms with Crippen molar-refractivity contribution in [3.05, 3.63) is 59.2 Å². The quantitative estimate of drug-likeness (QED) is 0.893. The lowest BCUT2D eigenvalue weighted by Gasteiger charge is -2.14. The Kier molecular flexibility index (Phi) is 3.16. The normalized spacial score (nSPS) is 16.8. The van der Waals surface area contributed by atoms with Crippen molar-refractivity contribution in [3.8, 4) is 5.75 Å². The summed E-state index contributed by atoms with van der Waals surface area (Å²) in [4.78, 5) is 0. The molecular formula is C17H19NO. The number of ether oxygens (including phenoxy) is 1. The summed E-state index contributed by atoms with van der Waals surface area (Å²) in [5.74, 6) is 0.922. The fraction of sp³-hybridized carbons (Fsp3) is 0.294. The highest BCUT2D eigenvalue weighted by Crippen LogP contribution is 2.37. The fourth-order valence-corrected chi connectivity index (χ4v) is 2.81. The molecule has 1 N–H and O–H groups in total. The summed E-state index contributed by atoms with van der Waals surface area (Å²) >= 11 is 0. The molecule has 0 fully saturated rings. The number of hydrogen-bond acceptors (Lipinski definition) is 2. The molecule has 0 aliphatic carbocycles. The Balaban J connectivity index is 1.90. The number of anilines is 1. The van der Waals surface area contributed by atoms with Gasteiger partial charge in [-0.2, -0.15) is 0 Å². The van der Waals surface area contributed by atoms with E-state index in [1.54, 1.807) is 7.11 Å². The van der Waals surface area contributed by atoms with Crippen molar-refractivity contribution in [2.75, 3.05) is 12.4 Å². The molecule has 2 nitrogen and oxygen atoms in total. The zero-order valence-electron chi connectivity index (χ0n) is 11.4. The van der Waals surface area contributed by atoms with Gasteiger partial charge < -0.3 is 10.1 Å². The molecule has 3 rings (SSSR count). The van der Waals surface area contributed by atoms with Crippen molar-refractivity contribution in [1.82, 2.24) is 0 Å². The van der Waals surface area contributed by atoms with Gasteiger partial charge in [-0.15, -0.1) is 0 Å². The minimum Gasteiger partial charge on any atom is -0.497 e. The lowest BCUT2D eigenvalue weighted by Crippen LogP contribution is -2.06. The van der Waals surface area contributed by atoms with Crippen LogP contribution in [0.5, 0.6) is 5.75 Å². The molecule has 2 aromatic rings. The molecule has 98 valence electrons. The second-order valence-corrected chi connectivity index (χ2v) is 4.98. The molecule has 19 heavy (non-hydrogen) atoms. The molecule has 0 saturated heterocycles. The number of benzene rings is 2. The molecule has 1 atom stereocenters. The van der Waals surface area contributed by atoms with E-state index < -0.39 is 0 Å². The smallest absolute Gasteiger partial charge is 0.119 e. The maximum Gasteiger partial charge on any atom is 0.119 e. The molecule has 0 radical (unpaired) electrons. The van der Waals surface area contributed by atoms with Crippen molar-refractivity contribution in [3.63, 3.8) is 0 Å². The molecule has 1 aliphatic heterocycles. The maximum absolute atomic E-state index is 5.31. The number of fused-ring (bicyclic) bond motifs is 1. The highest BCUT2D eigenvalue weighted by atomic mass is 16.5. The van der Waals surface area contributed by atoms with Gasteiger partial charge in [0.15, 0.2) is 0 Å². The van der Waals surface area contributed by atoms with E-state index in [0.717, 1.165) is 18.6 Å². The van der Waals surface area contributed by atoms with E-state index in [-0.39, 0.29) is 0 Å². The highest BCUT2D eigenvalue weighted by Gasteiger charge is 2.23. The van der Waals surface area contributed by atoms with E-state index >= 15 is 0 Å². The molecule has 1 aliphatic rings. The fourth-order valence-electron chi connectivity index (χ4n) is 2.81. The third-order valence-electron chi connectivity index (χ3n) is 3.86. The van der Waals surface area contributed by atoms with Crippen LogP contribution in [0.1, 0.15) is 29.7 Å². The summed E-state index contributed by atoms with van der Waals surface area (Å²) in [6.45, 7) is 2.20. The van der Waals surface area contributed by atoms with Crippen LogP contribution in [0.4, 0.5) is 5.69 Å². The average molecular weight is 253 g/mol. The van der Waals surface area contributed by atoms with Gasteiger partial charge in [0.1, 0.15) is 5.75 Å². The number of nitrogens with one attached hydrogen (secondary N) is 1. The molecule has 0 saturated carbocycles. The lowest BCUT2D eigenvalue weighted by atomic mass is 10.0. The SMILES string of the molecule is CCc1cccc2c1NC(c1cccc(OC)c1)C2. The summed E-state index contributed by atoms with van der Waals surface area (Å²) in [5, 5.41) is 3.67. The van der Waals surface area contributed by atoms with Gasteiger partial charge in [-0.05, 0) is 41.7 Å². The maximum atomic E-state index is 5.31. The predicted octanol–water partition coefficient (Wildman–Crippen LogP) is 3.97. The zero-order valence-corrected chi connectivity index (χ0v) is 11.4. The molecular weight excluding hydrogens is 234 g/mol. The van der Waals surface area contributed by atoms with Crippen LogP contribution in [-0.4, -0.2) is 7.11 Å².